The molecule has 5 nitrogen and oxygen atoms in total. The lowest BCUT2D eigenvalue weighted by atomic mass is 9.95. The van der Waals surface area contributed by atoms with Gasteiger partial charge in [-0.05, 0) is 42.0 Å². The van der Waals surface area contributed by atoms with Gasteiger partial charge in [-0.1, -0.05) is 12.1 Å². The summed E-state index contributed by atoms with van der Waals surface area (Å²) in [4.78, 5) is 0. The van der Waals surface area contributed by atoms with Gasteiger partial charge >= 0.3 is 0 Å². The van der Waals surface area contributed by atoms with Crippen molar-refractivity contribution in [2.24, 2.45) is 5.92 Å². The largest absolute Gasteiger partial charge is 0.497 e. The van der Waals surface area contributed by atoms with E-state index in [2.05, 4.69) is 16.2 Å². The van der Waals surface area contributed by atoms with Gasteiger partial charge in [-0.3, -0.25) is 5.43 Å². The summed E-state index contributed by atoms with van der Waals surface area (Å²) in [6.45, 7) is 3.09. The van der Waals surface area contributed by atoms with Crippen LogP contribution in [0.5, 0.6) is 11.5 Å². The Morgan fingerprint density at radius 1 is 1.08 bits per heavy atom. The molecule has 2 unspecified atom stereocenters. The number of rotatable bonds is 8. The Kier molecular flexibility index (Phi) is 6.22. The lowest BCUT2D eigenvalue weighted by Crippen LogP contribution is -2.31. The minimum atomic E-state index is -0.208. The van der Waals surface area contributed by atoms with E-state index in [1.54, 1.807) is 7.11 Å². The maximum absolute atomic E-state index is 13.1. The van der Waals surface area contributed by atoms with Gasteiger partial charge in [0.15, 0.2) is 0 Å². The molecular formula is C19H24FN3O2. The lowest BCUT2D eigenvalue weighted by Gasteiger charge is -2.19. The molecule has 1 heterocycles. The normalized spacial score (nSPS) is 19.8. The van der Waals surface area contributed by atoms with Gasteiger partial charge in [0.05, 0.1) is 13.2 Å². The molecule has 1 aliphatic heterocycles. The molecule has 0 bridgehead atoms. The van der Waals surface area contributed by atoms with Crippen molar-refractivity contribution in [1.82, 2.24) is 16.2 Å². The third-order valence-electron chi connectivity index (χ3n) is 4.34. The van der Waals surface area contributed by atoms with Gasteiger partial charge in [0, 0.05) is 25.6 Å². The predicted octanol–water partition coefficient (Wildman–Crippen LogP) is 2.27. The van der Waals surface area contributed by atoms with Crippen molar-refractivity contribution >= 4 is 0 Å². The molecule has 0 amide bonds. The van der Waals surface area contributed by atoms with Crippen LogP contribution in [0.1, 0.15) is 11.6 Å². The number of benzene rings is 2. The van der Waals surface area contributed by atoms with Gasteiger partial charge in [0.25, 0.3) is 0 Å². The van der Waals surface area contributed by atoms with E-state index in [0.717, 1.165) is 36.7 Å². The van der Waals surface area contributed by atoms with Crippen LogP contribution in [-0.2, 0) is 0 Å². The van der Waals surface area contributed by atoms with Crippen LogP contribution in [-0.4, -0.2) is 33.4 Å². The summed E-state index contributed by atoms with van der Waals surface area (Å²) in [6, 6.07) is 14.4. The first-order valence-electron chi connectivity index (χ1n) is 8.47. The average molecular weight is 345 g/mol. The van der Waals surface area contributed by atoms with Crippen molar-refractivity contribution in [2.45, 2.75) is 6.04 Å². The zero-order chi connectivity index (χ0) is 17.5. The zero-order valence-electron chi connectivity index (χ0n) is 14.3. The molecular weight excluding hydrogens is 321 g/mol. The van der Waals surface area contributed by atoms with Crippen molar-refractivity contribution in [3.8, 4) is 11.5 Å². The third kappa shape index (κ3) is 4.92. The summed E-state index contributed by atoms with van der Waals surface area (Å²) in [7, 11) is 1.64. The Morgan fingerprint density at radius 2 is 1.80 bits per heavy atom. The predicted molar refractivity (Wildman–Crippen MR) is 95.1 cm³/mol. The van der Waals surface area contributed by atoms with E-state index >= 15 is 0 Å². The van der Waals surface area contributed by atoms with Crippen LogP contribution in [0.4, 0.5) is 4.39 Å². The minimum absolute atomic E-state index is 0.176. The molecule has 0 radical (unpaired) electrons. The fraction of sp³-hybridized carbons (Fsp3) is 0.368. The molecule has 2 aromatic rings. The smallest absolute Gasteiger partial charge is 0.123 e. The van der Waals surface area contributed by atoms with E-state index < -0.39 is 0 Å². The third-order valence-corrected chi connectivity index (χ3v) is 4.34. The van der Waals surface area contributed by atoms with Gasteiger partial charge < -0.3 is 14.8 Å². The van der Waals surface area contributed by atoms with Gasteiger partial charge in [0.2, 0.25) is 0 Å². The Hall–Kier alpha value is -2.15. The Balaban J connectivity index is 1.39. The van der Waals surface area contributed by atoms with E-state index in [0.29, 0.717) is 12.5 Å². The molecule has 0 aliphatic carbocycles. The standard InChI is InChI=1S/C19H24FN3O2/c1-24-17-6-8-18(9-7-17)25-11-10-21-12-15-13-22-23-19(15)14-2-4-16(20)5-3-14/h2-9,15,19,21-23H,10-13H2,1H3. The molecule has 1 aliphatic rings. The van der Waals surface area contributed by atoms with Crippen molar-refractivity contribution in [3.05, 3.63) is 59.9 Å². The first kappa shape index (κ1) is 17.7. The summed E-state index contributed by atoms with van der Waals surface area (Å²) in [5.74, 6) is 1.83. The number of hydrogen-bond donors (Lipinski definition) is 3. The van der Waals surface area contributed by atoms with Crippen LogP contribution < -0.4 is 25.6 Å². The highest BCUT2D eigenvalue weighted by atomic mass is 19.1. The molecule has 1 saturated heterocycles. The van der Waals surface area contributed by atoms with Crippen molar-refractivity contribution in [1.29, 1.82) is 0 Å². The average Bonchev–Trinajstić information content (AvgIpc) is 3.11. The molecule has 6 heteroatoms. The first-order valence-corrected chi connectivity index (χ1v) is 8.47. The Morgan fingerprint density at radius 3 is 2.52 bits per heavy atom. The SMILES string of the molecule is COc1ccc(OCCNCC2CNNC2c2ccc(F)cc2)cc1. The van der Waals surface area contributed by atoms with Crippen molar-refractivity contribution in [2.75, 3.05) is 33.4 Å². The highest BCUT2D eigenvalue weighted by molar-refractivity contribution is 5.31. The summed E-state index contributed by atoms with van der Waals surface area (Å²) >= 11 is 0. The van der Waals surface area contributed by atoms with Crippen molar-refractivity contribution in [3.63, 3.8) is 0 Å². The Labute approximate surface area is 147 Å². The van der Waals surface area contributed by atoms with Gasteiger partial charge in [0.1, 0.15) is 23.9 Å². The van der Waals surface area contributed by atoms with E-state index in [-0.39, 0.29) is 11.9 Å². The van der Waals surface area contributed by atoms with Crippen LogP contribution in [0.3, 0.4) is 0 Å². The number of nitrogens with one attached hydrogen (secondary N) is 3. The van der Waals surface area contributed by atoms with Crippen LogP contribution >= 0.6 is 0 Å². The highest BCUT2D eigenvalue weighted by Crippen LogP contribution is 2.24. The van der Waals surface area contributed by atoms with Crippen LogP contribution in [0, 0.1) is 11.7 Å². The molecule has 25 heavy (non-hydrogen) atoms. The number of methoxy groups -OCH3 is 1. The van der Waals surface area contributed by atoms with Gasteiger partial charge in [-0.2, -0.15) is 0 Å². The number of hydrogen-bond acceptors (Lipinski definition) is 5. The summed E-state index contributed by atoms with van der Waals surface area (Å²) in [6.07, 6.45) is 0. The highest BCUT2D eigenvalue weighted by Gasteiger charge is 2.27. The summed E-state index contributed by atoms with van der Waals surface area (Å²) in [5, 5.41) is 3.43. The zero-order valence-corrected chi connectivity index (χ0v) is 14.3. The molecule has 0 spiro atoms. The van der Waals surface area contributed by atoms with E-state index in [1.807, 2.05) is 36.4 Å². The second-order valence-corrected chi connectivity index (χ2v) is 6.04. The second kappa shape index (κ2) is 8.80. The fourth-order valence-electron chi connectivity index (χ4n) is 2.95. The van der Waals surface area contributed by atoms with E-state index in [4.69, 9.17) is 9.47 Å². The van der Waals surface area contributed by atoms with Gasteiger partial charge in [-0.15, -0.1) is 0 Å². The van der Waals surface area contributed by atoms with Crippen LogP contribution in [0.2, 0.25) is 0 Å². The summed E-state index contributed by atoms with van der Waals surface area (Å²) < 4.78 is 23.9. The number of hydrazine groups is 1. The monoisotopic (exact) mass is 345 g/mol. The van der Waals surface area contributed by atoms with E-state index in [9.17, 15) is 4.39 Å². The van der Waals surface area contributed by atoms with E-state index in [1.165, 1.54) is 12.1 Å². The van der Waals surface area contributed by atoms with Crippen LogP contribution in [0.25, 0.3) is 0 Å². The number of ether oxygens (including phenoxy) is 2. The molecule has 1 fully saturated rings. The summed E-state index contributed by atoms with van der Waals surface area (Å²) in [5.41, 5.74) is 7.54. The fourth-order valence-corrected chi connectivity index (χ4v) is 2.95. The lowest BCUT2D eigenvalue weighted by molar-refractivity contribution is 0.306. The van der Waals surface area contributed by atoms with Crippen LogP contribution in [0.15, 0.2) is 48.5 Å². The second-order valence-electron chi connectivity index (χ2n) is 6.04. The molecule has 2 aromatic carbocycles. The van der Waals surface area contributed by atoms with Gasteiger partial charge in [-0.25, -0.2) is 9.82 Å². The maximum atomic E-state index is 13.1. The molecule has 134 valence electrons. The van der Waals surface area contributed by atoms with Crippen molar-refractivity contribution < 1.29 is 13.9 Å². The first-order chi connectivity index (χ1) is 12.3. The molecule has 3 rings (SSSR count). The molecule has 2 atom stereocenters. The molecule has 0 saturated carbocycles. The minimum Gasteiger partial charge on any atom is -0.497 e. The molecule has 0 aromatic heterocycles. The number of halogens is 1. The quantitative estimate of drug-likeness (QED) is 0.641. The topological polar surface area (TPSA) is 54.6 Å². The molecule has 3 N–H and O–H groups in total. The Bertz CT molecular complexity index is 649. The maximum Gasteiger partial charge on any atom is 0.123 e.